The van der Waals surface area contributed by atoms with Gasteiger partial charge in [0.05, 0.1) is 5.71 Å². The van der Waals surface area contributed by atoms with Crippen molar-refractivity contribution in [3.05, 3.63) is 71.5 Å². The highest BCUT2D eigenvalue weighted by atomic mass is 15.1. The minimum absolute atomic E-state index is 0.569. The van der Waals surface area contributed by atoms with Gasteiger partial charge in [0.15, 0.2) is 0 Å². The molecule has 0 aromatic heterocycles. The molecule has 0 saturated carbocycles. The molecular weight excluding hydrogens is 220 g/mol. The van der Waals surface area contributed by atoms with Crippen LogP contribution in [0, 0.1) is 5.41 Å². The van der Waals surface area contributed by atoms with Crippen molar-refractivity contribution in [3.8, 4) is 0 Å². The lowest BCUT2D eigenvalue weighted by atomic mass is 9.96. The molecule has 0 spiro atoms. The van der Waals surface area contributed by atoms with Gasteiger partial charge < -0.3 is 10.3 Å². The zero-order chi connectivity index (χ0) is 13.0. The summed E-state index contributed by atoms with van der Waals surface area (Å²) in [4.78, 5) is 2.09. The molecule has 0 atom stereocenters. The number of hydrogen-bond donors (Lipinski definition) is 1. The first-order chi connectivity index (χ1) is 8.70. The highest BCUT2D eigenvalue weighted by Gasteiger charge is 2.15. The maximum atomic E-state index is 8.06. The van der Waals surface area contributed by atoms with Crippen LogP contribution >= 0.6 is 0 Å². The summed E-state index contributed by atoms with van der Waals surface area (Å²) in [6, 6.07) is 0. The summed E-state index contributed by atoms with van der Waals surface area (Å²) in [5, 5.41) is 8.06. The number of nitrogens with zero attached hydrogens (tertiary/aromatic N) is 1. The molecule has 2 heteroatoms. The van der Waals surface area contributed by atoms with E-state index in [1.165, 1.54) is 5.57 Å². The van der Waals surface area contributed by atoms with Crippen LogP contribution < -0.4 is 0 Å². The summed E-state index contributed by atoms with van der Waals surface area (Å²) in [6.45, 7) is 0. The Bertz CT molecular complexity index is 523. The average molecular weight is 238 g/mol. The van der Waals surface area contributed by atoms with Gasteiger partial charge in [-0.2, -0.15) is 0 Å². The van der Waals surface area contributed by atoms with Gasteiger partial charge in [-0.1, -0.05) is 48.6 Å². The van der Waals surface area contributed by atoms with Crippen molar-refractivity contribution in [2.45, 2.75) is 6.42 Å². The smallest absolute Gasteiger partial charge is 0.0633 e. The molecule has 2 aliphatic carbocycles. The van der Waals surface area contributed by atoms with Crippen molar-refractivity contribution in [2.75, 3.05) is 14.1 Å². The summed E-state index contributed by atoms with van der Waals surface area (Å²) >= 11 is 0. The van der Waals surface area contributed by atoms with Gasteiger partial charge in [0.25, 0.3) is 0 Å². The third kappa shape index (κ3) is 2.59. The lowest BCUT2D eigenvalue weighted by Crippen LogP contribution is -2.18. The first-order valence-electron chi connectivity index (χ1n) is 6.08. The van der Waals surface area contributed by atoms with Gasteiger partial charge in [-0.25, -0.2) is 0 Å². The highest BCUT2D eigenvalue weighted by molar-refractivity contribution is 6.10. The average Bonchev–Trinajstić information content (AvgIpc) is 2.60. The molecule has 1 N–H and O–H groups in total. The Morgan fingerprint density at radius 2 is 1.83 bits per heavy atom. The van der Waals surface area contributed by atoms with Gasteiger partial charge in [0.1, 0.15) is 0 Å². The minimum Gasteiger partial charge on any atom is -0.377 e. The number of hydrogen-bond acceptors (Lipinski definition) is 2. The maximum absolute atomic E-state index is 8.06. The van der Waals surface area contributed by atoms with Crippen molar-refractivity contribution in [2.24, 2.45) is 0 Å². The molecule has 18 heavy (non-hydrogen) atoms. The van der Waals surface area contributed by atoms with E-state index in [0.717, 1.165) is 17.7 Å². The van der Waals surface area contributed by atoms with Gasteiger partial charge in [-0.3, -0.25) is 0 Å². The lowest BCUT2D eigenvalue weighted by molar-refractivity contribution is 0.517. The zero-order valence-corrected chi connectivity index (χ0v) is 10.9. The van der Waals surface area contributed by atoms with Crippen LogP contribution in [0.15, 0.2) is 71.5 Å². The van der Waals surface area contributed by atoms with Crippen LogP contribution in [-0.4, -0.2) is 24.7 Å². The Kier molecular flexibility index (Phi) is 3.78. The maximum Gasteiger partial charge on any atom is 0.0633 e. The second-order valence-electron chi connectivity index (χ2n) is 4.50. The minimum atomic E-state index is 0.569. The summed E-state index contributed by atoms with van der Waals surface area (Å²) in [5.41, 5.74) is 3.92. The molecule has 0 heterocycles. The SMILES string of the molecule is CN(C)/C(C1=CC=CC=CC1)=C1/C=CC=CC1=N. The molecule has 2 aliphatic rings. The van der Waals surface area contributed by atoms with Gasteiger partial charge >= 0.3 is 0 Å². The first-order valence-corrected chi connectivity index (χ1v) is 6.08. The van der Waals surface area contributed by atoms with E-state index in [1.54, 1.807) is 0 Å². The van der Waals surface area contributed by atoms with Crippen LogP contribution in [0.25, 0.3) is 0 Å². The molecule has 0 fully saturated rings. The molecule has 0 bridgehead atoms. The van der Waals surface area contributed by atoms with Crippen LogP contribution in [0.4, 0.5) is 0 Å². The number of rotatable bonds is 2. The molecule has 0 radical (unpaired) electrons. The second-order valence-corrected chi connectivity index (χ2v) is 4.50. The molecule has 2 rings (SSSR count). The van der Waals surface area contributed by atoms with Gasteiger partial charge in [0.2, 0.25) is 0 Å². The number of allylic oxidation sites excluding steroid dienone is 11. The quantitative estimate of drug-likeness (QED) is 0.784. The van der Waals surface area contributed by atoms with Crippen LogP contribution in [0.1, 0.15) is 6.42 Å². The molecule has 0 unspecified atom stereocenters. The number of likely N-dealkylation sites (N-methyl/N-ethyl adjacent to an activating group) is 1. The topological polar surface area (TPSA) is 27.1 Å². The van der Waals surface area contributed by atoms with Gasteiger partial charge in [0, 0.05) is 25.4 Å². The van der Waals surface area contributed by atoms with E-state index in [0.29, 0.717) is 5.71 Å². The Balaban J connectivity index is 2.49. The Morgan fingerprint density at radius 3 is 2.56 bits per heavy atom. The summed E-state index contributed by atoms with van der Waals surface area (Å²) in [5.74, 6) is 0. The molecule has 0 saturated heterocycles. The van der Waals surface area contributed by atoms with Crippen molar-refractivity contribution in [1.29, 1.82) is 5.41 Å². The van der Waals surface area contributed by atoms with Crippen LogP contribution in [0.5, 0.6) is 0 Å². The van der Waals surface area contributed by atoms with Crippen molar-refractivity contribution in [1.82, 2.24) is 4.90 Å². The molecular formula is C16H18N2. The first kappa shape index (κ1) is 12.4. The van der Waals surface area contributed by atoms with E-state index in [1.807, 2.05) is 44.5 Å². The largest absolute Gasteiger partial charge is 0.377 e. The summed E-state index contributed by atoms with van der Waals surface area (Å²) < 4.78 is 0. The fourth-order valence-electron chi connectivity index (χ4n) is 2.14. The van der Waals surface area contributed by atoms with E-state index in [2.05, 4.69) is 29.2 Å². The molecule has 0 amide bonds. The van der Waals surface area contributed by atoms with Crippen molar-refractivity contribution in [3.63, 3.8) is 0 Å². The standard InChI is InChI=1S/C16H18N2/c1-18(2)16(13-9-5-3-4-6-10-13)14-11-7-8-12-15(14)17/h3-9,11-12,17H,10H2,1-2H3/b16-14-,17-15?. The number of nitrogens with one attached hydrogen (secondary N) is 1. The van der Waals surface area contributed by atoms with Crippen molar-refractivity contribution < 1.29 is 0 Å². The lowest BCUT2D eigenvalue weighted by Gasteiger charge is -2.23. The predicted molar refractivity (Wildman–Crippen MR) is 77.7 cm³/mol. The van der Waals surface area contributed by atoms with E-state index in [-0.39, 0.29) is 0 Å². The third-order valence-corrected chi connectivity index (χ3v) is 2.93. The Morgan fingerprint density at radius 1 is 1.06 bits per heavy atom. The third-order valence-electron chi connectivity index (χ3n) is 2.93. The fourth-order valence-corrected chi connectivity index (χ4v) is 2.14. The van der Waals surface area contributed by atoms with Crippen molar-refractivity contribution >= 4 is 5.71 Å². The monoisotopic (exact) mass is 238 g/mol. The molecule has 92 valence electrons. The van der Waals surface area contributed by atoms with E-state index in [9.17, 15) is 0 Å². The van der Waals surface area contributed by atoms with Crippen LogP contribution in [-0.2, 0) is 0 Å². The normalized spacial score (nSPS) is 20.8. The Labute approximate surface area is 109 Å². The Hall–Kier alpha value is -2.09. The molecule has 0 aliphatic heterocycles. The van der Waals surface area contributed by atoms with E-state index in [4.69, 9.17) is 5.41 Å². The van der Waals surface area contributed by atoms with Crippen LogP contribution in [0.2, 0.25) is 0 Å². The molecule has 2 nitrogen and oxygen atoms in total. The second kappa shape index (κ2) is 5.50. The fraction of sp³-hybridized carbons (Fsp3) is 0.188. The van der Waals surface area contributed by atoms with Crippen LogP contribution in [0.3, 0.4) is 0 Å². The summed E-state index contributed by atoms with van der Waals surface area (Å²) in [7, 11) is 4.06. The molecule has 0 aromatic rings. The zero-order valence-electron chi connectivity index (χ0n) is 10.9. The van der Waals surface area contributed by atoms with Gasteiger partial charge in [-0.05, 0) is 18.1 Å². The van der Waals surface area contributed by atoms with Gasteiger partial charge in [-0.15, -0.1) is 0 Å². The predicted octanol–water partition coefficient (Wildman–Crippen LogP) is 3.39. The van der Waals surface area contributed by atoms with E-state index >= 15 is 0 Å². The highest BCUT2D eigenvalue weighted by Crippen LogP contribution is 2.25. The molecule has 0 aromatic carbocycles. The van der Waals surface area contributed by atoms with E-state index < -0.39 is 0 Å². The summed E-state index contributed by atoms with van der Waals surface area (Å²) in [6.07, 6.45) is 19.0.